The number of fused-ring (bicyclic) bond motifs is 1. The van der Waals surface area contributed by atoms with Gasteiger partial charge in [0.15, 0.2) is 0 Å². The molecule has 0 bridgehead atoms. The molecule has 14 heavy (non-hydrogen) atoms. The average molecular weight is 218 g/mol. The number of hydrogen-bond donors (Lipinski definition) is 1. The SMILES string of the molecule is CS(=O)(=O)NC1CCN2CCCCC12. The van der Waals surface area contributed by atoms with Gasteiger partial charge < -0.3 is 0 Å². The lowest BCUT2D eigenvalue weighted by Gasteiger charge is -2.32. The zero-order valence-electron chi connectivity index (χ0n) is 8.57. The first kappa shape index (κ1) is 10.4. The second kappa shape index (κ2) is 3.79. The molecule has 4 nitrogen and oxygen atoms in total. The summed E-state index contributed by atoms with van der Waals surface area (Å²) in [7, 11) is -3.03. The number of sulfonamides is 1. The van der Waals surface area contributed by atoms with Crippen molar-refractivity contribution < 1.29 is 8.42 Å². The minimum absolute atomic E-state index is 0.158. The Morgan fingerprint density at radius 1 is 1.21 bits per heavy atom. The molecule has 5 heteroatoms. The molecule has 2 atom stereocenters. The van der Waals surface area contributed by atoms with E-state index in [1.54, 1.807) is 0 Å². The van der Waals surface area contributed by atoms with Gasteiger partial charge >= 0.3 is 0 Å². The summed E-state index contributed by atoms with van der Waals surface area (Å²) in [6, 6.07) is 0.615. The van der Waals surface area contributed by atoms with Crippen LogP contribution in [0.1, 0.15) is 25.7 Å². The van der Waals surface area contributed by atoms with E-state index >= 15 is 0 Å². The maximum Gasteiger partial charge on any atom is 0.209 e. The van der Waals surface area contributed by atoms with Gasteiger partial charge in [0.2, 0.25) is 10.0 Å². The summed E-state index contributed by atoms with van der Waals surface area (Å²) in [6.07, 6.45) is 5.87. The van der Waals surface area contributed by atoms with Crippen LogP contribution in [-0.2, 0) is 10.0 Å². The smallest absolute Gasteiger partial charge is 0.209 e. The fourth-order valence-corrected chi connectivity index (χ4v) is 3.48. The van der Waals surface area contributed by atoms with Gasteiger partial charge in [-0.05, 0) is 25.8 Å². The summed E-state index contributed by atoms with van der Waals surface area (Å²) < 4.78 is 25.0. The van der Waals surface area contributed by atoms with E-state index in [1.165, 1.54) is 19.1 Å². The average Bonchev–Trinajstić information content (AvgIpc) is 2.47. The van der Waals surface area contributed by atoms with Gasteiger partial charge in [-0.2, -0.15) is 0 Å². The molecule has 0 aromatic rings. The van der Waals surface area contributed by atoms with Gasteiger partial charge in [0.25, 0.3) is 0 Å². The minimum atomic E-state index is -3.03. The number of rotatable bonds is 2. The molecule has 2 rings (SSSR count). The van der Waals surface area contributed by atoms with Gasteiger partial charge in [-0.15, -0.1) is 0 Å². The molecule has 0 saturated carbocycles. The summed E-state index contributed by atoms with van der Waals surface area (Å²) in [6.45, 7) is 2.20. The summed E-state index contributed by atoms with van der Waals surface area (Å²) in [5, 5.41) is 0. The Balaban J connectivity index is 2.01. The van der Waals surface area contributed by atoms with E-state index in [2.05, 4.69) is 9.62 Å². The van der Waals surface area contributed by atoms with Crippen molar-refractivity contribution in [2.75, 3.05) is 19.3 Å². The molecule has 2 fully saturated rings. The lowest BCUT2D eigenvalue weighted by molar-refractivity contribution is 0.186. The molecule has 2 saturated heterocycles. The second-order valence-electron chi connectivity index (χ2n) is 4.38. The fourth-order valence-electron chi connectivity index (χ4n) is 2.66. The molecule has 2 unspecified atom stereocenters. The number of nitrogens with one attached hydrogen (secondary N) is 1. The topological polar surface area (TPSA) is 49.4 Å². The summed E-state index contributed by atoms with van der Waals surface area (Å²) in [4.78, 5) is 2.42. The monoisotopic (exact) mass is 218 g/mol. The van der Waals surface area contributed by atoms with Crippen molar-refractivity contribution in [2.45, 2.75) is 37.8 Å². The van der Waals surface area contributed by atoms with E-state index in [4.69, 9.17) is 0 Å². The Morgan fingerprint density at radius 2 is 2.00 bits per heavy atom. The summed E-state index contributed by atoms with van der Waals surface area (Å²) in [5.41, 5.74) is 0. The third kappa shape index (κ3) is 2.27. The molecule has 82 valence electrons. The van der Waals surface area contributed by atoms with E-state index in [0.717, 1.165) is 25.9 Å². The van der Waals surface area contributed by atoms with Crippen LogP contribution in [0.3, 0.4) is 0 Å². The highest BCUT2D eigenvalue weighted by molar-refractivity contribution is 7.88. The maximum absolute atomic E-state index is 11.1. The van der Waals surface area contributed by atoms with E-state index in [9.17, 15) is 8.42 Å². The quantitative estimate of drug-likeness (QED) is 0.718. The predicted molar refractivity (Wildman–Crippen MR) is 55.6 cm³/mol. The highest BCUT2D eigenvalue weighted by Crippen LogP contribution is 2.27. The third-order valence-corrected chi connectivity index (χ3v) is 3.95. The molecular weight excluding hydrogens is 200 g/mol. The summed E-state index contributed by atoms with van der Waals surface area (Å²) in [5.74, 6) is 0. The van der Waals surface area contributed by atoms with Crippen LogP contribution < -0.4 is 4.72 Å². The van der Waals surface area contributed by atoms with Crippen LogP contribution >= 0.6 is 0 Å². The van der Waals surface area contributed by atoms with Crippen molar-refractivity contribution in [3.05, 3.63) is 0 Å². The molecule has 2 heterocycles. The Labute approximate surface area is 85.7 Å². The Morgan fingerprint density at radius 3 is 2.71 bits per heavy atom. The highest BCUT2D eigenvalue weighted by Gasteiger charge is 2.36. The molecule has 0 radical (unpaired) electrons. The van der Waals surface area contributed by atoms with Crippen molar-refractivity contribution in [3.63, 3.8) is 0 Å². The molecule has 0 aliphatic carbocycles. The fraction of sp³-hybridized carbons (Fsp3) is 1.00. The lowest BCUT2D eigenvalue weighted by atomic mass is 10.00. The lowest BCUT2D eigenvalue weighted by Crippen LogP contribution is -2.46. The van der Waals surface area contributed by atoms with Crippen molar-refractivity contribution in [2.24, 2.45) is 0 Å². The minimum Gasteiger partial charge on any atom is -0.299 e. The second-order valence-corrected chi connectivity index (χ2v) is 6.16. The van der Waals surface area contributed by atoms with Crippen LogP contribution in [-0.4, -0.2) is 44.7 Å². The standard InChI is InChI=1S/C9H18N2O2S/c1-14(12,13)10-8-5-7-11-6-3-2-4-9(8)11/h8-10H,2-7H2,1H3. The molecule has 1 N–H and O–H groups in total. The van der Waals surface area contributed by atoms with Crippen LogP contribution in [0.15, 0.2) is 0 Å². The van der Waals surface area contributed by atoms with Crippen LogP contribution in [0, 0.1) is 0 Å². The normalized spacial score (nSPS) is 34.4. The molecule has 0 spiro atoms. The highest BCUT2D eigenvalue weighted by atomic mass is 32.2. The Kier molecular flexibility index (Phi) is 2.81. The van der Waals surface area contributed by atoms with Crippen molar-refractivity contribution in [3.8, 4) is 0 Å². The third-order valence-electron chi connectivity index (χ3n) is 3.22. The van der Waals surface area contributed by atoms with Gasteiger partial charge in [0.05, 0.1) is 6.26 Å². The Bertz CT molecular complexity index is 302. The van der Waals surface area contributed by atoms with Crippen molar-refractivity contribution >= 4 is 10.0 Å². The van der Waals surface area contributed by atoms with Gasteiger partial charge in [-0.25, -0.2) is 13.1 Å². The molecule has 0 aromatic heterocycles. The zero-order valence-corrected chi connectivity index (χ0v) is 9.39. The maximum atomic E-state index is 11.1. The number of piperidine rings is 1. The molecule has 0 aromatic carbocycles. The van der Waals surface area contributed by atoms with Crippen LogP contribution in [0.25, 0.3) is 0 Å². The van der Waals surface area contributed by atoms with Gasteiger partial charge in [-0.3, -0.25) is 4.90 Å². The largest absolute Gasteiger partial charge is 0.299 e. The van der Waals surface area contributed by atoms with Gasteiger partial charge in [0, 0.05) is 18.6 Å². The van der Waals surface area contributed by atoms with Crippen molar-refractivity contribution in [1.82, 2.24) is 9.62 Å². The predicted octanol–water partition coefficient (Wildman–Crippen LogP) is 0.162. The van der Waals surface area contributed by atoms with E-state index < -0.39 is 10.0 Å². The molecule has 2 aliphatic heterocycles. The molecular formula is C9H18N2O2S. The van der Waals surface area contributed by atoms with Crippen LogP contribution in [0.2, 0.25) is 0 Å². The zero-order chi connectivity index (χ0) is 10.2. The van der Waals surface area contributed by atoms with Crippen LogP contribution in [0.4, 0.5) is 0 Å². The summed E-state index contributed by atoms with van der Waals surface area (Å²) >= 11 is 0. The first-order valence-electron chi connectivity index (χ1n) is 5.27. The molecule has 2 aliphatic rings. The van der Waals surface area contributed by atoms with E-state index in [0.29, 0.717) is 6.04 Å². The number of nitrogens with zero attached hydrogens (tertiary/aromatic N) is 1. The first-order valence-corrected chi connectivity index (χ1v) is 7.17. The van der Waals surface area contributed by atoms with E-state index in [1.807, 2.05) is 0 Å². The van der Waals surface area contributed by atoms with E-state index in [-0.39, 0.29) is 6.04 Å². The first-order chi connectivity index (χ1) is 6.56. The van der Waals surface area contributed by atoms with Crippen molar-refractivity contribution in [1.29, 1.82) is 0 Å². The Hall–Kier alpha value is -0.130. The molecule has 0 amide bonds. The van der Waals surface area contributed by atoms with Gasteiger partial charge in [-0.1, -0.05) is 6.42 Å². The number of hydrogen-bond acceptors (Lipinski definition) is 3. The van der Waals surface area contributed by atoms with Crippen LogP contribution in [0.5, 0.6) is 0 Å². The van der Waals surface area contributed by atoms with Gasteiger partial charge in [0.1, 0.15) is 0 Å².